The number of hydrogen-bond donors (Lipinski definition) is 2. The molecular formula is C25H27FN4O5S. The Morgan fingerprint density at radius 1 is 1.11 bits per heavy atom. The van der Waals surface area contributed by atoms with Crippen molar-refractivity contribution in [1.29, 1.82) is 0 Å². The van der Waals surface area contributed by atoms with Gasteiger partial charge in [-0.2, -0.15) is 0 Å². The number of anilines is 3. The third-order valence-corrected chi connectivity index (χ3v) is 7.19. The Morgan fingerprint density at radius 2 is 1.81 bits per heavy atom. The van der Waals surface area contributed by atoms with Gasteiger partial charge in [0.25, 0.3) is 15.9 Å². The predicted octanol–water partition coefficient (Wildman–Crippen LogP) is 3.74. The third-order valence-electron chi connectivity index (χ3n) is 5.85. The van der Waals surface area contributed by atoms with Crippen molar-refractivity contribution in [2.24, 2.45) is 0 Å². The number of hydrogen-bond acceptors (Lipinski definition) is 7. The van der Waals surface area contributed by atoms with E-state index in [2.05, 4.69) is 15.0 Å². The highest BCUT2D eigenvalue weighted by Crippen LogP contribution is 2.29. The Hall–Kier alpha value is -3.70. The minimum Gasteiger partial charge on any atom is -0.480 e. The SMILES string of the molecule is COc1ncc(NC(=O)c2ccc(N3CCOCC3)cc2F)cc1S(=O)(=O)Nc1c(C)cccc1C. The number of aromatic nitrogens is 1. The Kier molecular flexibility index (Phi) is 7.41. The van der Waals surface area contributed by atoms with Crippen LogP contribution in [0.1, 0.15) is 21.5 Å². The van der Waals surface area contributed by atoms with Gasteiger partial charge in [0.2, 0.25) is 5.88 Å². The molecule has 1 amide bonds. The van der Waals surface area contributed by atoms with Crippen LogP contribution in [0.3, 0.4) is 0 Å². The molecule has 1 fully saturated rings. The molecule has 1 aliphatic heterocycles. The van der Waals surface area contributed by atoms with Crippen LogP contribution in [0.15, 0.2) is 53.6 Å². The maximum absolute atomic E-state index is 14.8. The molecule has 0 saturated carbocycles. The Bertz CT molecular complexity index is 1370. The van der Waals surface area contributed by atoms with Gasteiger partial charge in [0.15, 0.2) is 4.90 Å². The van der Waals surface area contributed by atoms with Crippen molar-refractivity contribution in [3.63, 3.8) is 0 Å². The first-order valence-electron chi connectivity index (χ1n) is 11.3. The van der Waals surface area contributed by atoms with Gasteiger partial charge >= 0.3 is 0 Å². The smallest absolute Gasteiger partial charge is 0.267 e. The van der Waals surface area contributed by atoms with Crippen LogP contribution in [0.2, 0.25) is 0 Å². The predicted molar refractivity (Wildman–Crippen MR) is 135 cm³/mol. The highest BCUT2D eigenvalue weighted by molar-refractivity contribution is 7.92. The highest BCUT2D eigenvalue weighted by Gasteiger charge is 2.24. The first-order valence-corrected chi connectivity index (χ1v) is 12.7. The maximum Gasteiger partial charge on any atom is 0.267 e. The number of sulfonamides is 1. The Labute approximate surface area is 209 Å². The van der Waals surface area contributed by atoms with Crippen LogP contribution in [0.5, 0.6) is 5.88 Å². The number of para-hydroxylation sites is 1. The summed E-state index contributed by atoms with van der Waals surface area (Å²) in [6, 6.07) is 11.0. The number of ether oxygens (including phenoxy) is 2. The highest BCUT2D eigenvalue weighted by atomic mass is 32.2. The molecule has 1 saturated heterocycles. The third kappa shape index (κ3) is 5.42. The van der Waals surface area contributed by atoms with Crippen LogP contribution in [-0.4, -0.2) is 52.7 Å². The lowest BCUT2D eigenvalue weighted by Gasteiger charge is -2.29. The summed E-state index contributed by atoms with van der Waals surface area (Å²) in [5.41, 5.74) is 2.47. The summed E-state index contributed by atoms with van der Waals surface area (Å²) < 4.78 is 54.3. The molecule has 1 aliphatic rings. The van der Waals surface area contributed by atoms with E-state index in [1.54, 1.807) is 32.0 Å². The lowest BCUT2D eigenvalue weighted by atomic mass is 10.1. The zero-order valence-corrected chi connectivity index (χ0v) is 21.0. The average Bonchev–Trinajstić information content (AvgIpc) is 2.86. The van der Waals surface area contributed by atoms with Crippen molar-refractivity contribution < 1.29 is 27.1 Å². The number of aryl methyl sites for hydroxylation is 2. The standard InChI is InChI=1S/C25H27FN4O5S/c1-16-5-4-6-17(2)23(16)29-36(32,33)22-13-18(15-27-25(22)34-3)28-24(31)20-8-7-19(14-21(20)26)30-9-11-35-12-10-30/h4-8,13-15,29H,9-12H2,1-3H3,(H,28,31). The maximum atomic E-state index is 14.8. The first-order chi connectivity index (χ1) is 17.2. The summed E-state index contributed by atoms with van der Waals surface area (Å²) in [6.07, 6.45) is 1.24. The number of carbonyl (C=O) groups excluding carboxylic acids is 1. The second-order valence-electron chi connectivity index (χ2n) is 8.32. The van der Waals surface area contributed by atoms with Crippen LogP contribution in [0.25, 0.3) is 0 Å². The zero-order valence-electron chi connectivity index (χ0n) is 20.2. The van der Waals surface area contributed by atoms with E-state index in [1.807, 2.05) is 11.0 Å². The summed E-state index contributed by atoms with van der Waals surface area (Å²) >= 11 is 0. The van der Waals surface area contributed by atoms with E-state index in [1.165, 1.54) is 31.5 Å². The van der Waals surface area contributed by atoms with Gasteiger partial charge in [-0.3, -0.25) is 9.52 Å². The second-order valence-corrected chi connectivity index (χ2v) is 9.97. The van der Waals surface area contributed by atoms with Crippen molar-refractivity contribution in [2.45, 2.75) is 18.7 Å². The van der Waals surface area contributed by atoms with Crippen molar-refractivity contribution in [1.82, 2.24) is 4.98 Å². The van der Waals surface area contributed by atoms with E-state index in [4.69, 9.17) is 9.47 Å². The number of nitrogens with zero attached hydrogens (tertiary/aromatic N) is 2. The molecule has 2 N–H and O–H groups in total. The molecule has 1 aromatic heterocycles. The topological polar surface area (TPSA) is 110 Å². The fourth-order valence-corrected chi connectivity index (χ4v) is 5.26. The van der Waals surface area contributed by atoms with Gasteiger partial charge in [0.1, 0.15) is 5.82 Å². The molecule has 0 atom stereocenters. The van der Waals surface area contributed by atoms with Gasteiger partial charge in [0.05, 0.1) is 43.5 Å². The molecule has 190 valence electrons. The lowest BCUT2D eigenvalue weighted by molar-refractivity contribution is 0.102. The summed E-state index contributed by atoms with van der Waals surface area (Å²) in [7, 11) is -2.83. The van der Waals surface area contributed by atoms with Crippen molar-refractivity contribution >= 4 is 33.0 Å². The molecule has 0 unspecified atom stereocenters. The van der Waals surface area contributed by atoms with Gasteiger partial charge in [-0.25, -0.2) is 17.8 Å². The minimum absolute atomic E-state index is 0.0688. The number of morpholine rings is 1. The molecule has 11 heteroatoms. The first kappa shape index (κ1) is 25.4. The molecule has 0 aliphatic carbocycles. The Balaban J connectivity index is 1.58. The molecule has 3 aromatic rings. The molecular weight excluding hydrogens is 487 g/mol. The molecule has 4 rings (SSSR count). The molecule has 36 heavy (non-hydrogen) atoms. The number of benzene rings is 2. The molecule has 0 radical (unpaired) electrons. The normalized spacial score (nSPS) is 13.8. The molecule has 9 nitrogen and oxygen atoms in total. The second kappa shape index (κ2) is 10.5. The van der Waals surface area contributed by atoms with Crippen molar-refractivity contribution in [3.8, 4) is 5.88 Å². The van der Waals surface area contributed by atoms with E-state index in [0.717, 1.165) is 11.1 Å². The Morgan fingerprint density at radius 3 is 2.44 bits per heavy atom. The van der Waals surface area contributed by atoms with E-state index in [0.29, 0.717) is 37.7 Å². The van der Waals surface area contributed by atoms with Gasteiger partial charge in [-0.15, -0.1) is 0 Å². The van der Waals surface area contributed by atoms with Crippen molar-refractivity contribution in [2.75, 3.05) is 48.4 Å². The van der Waals surface area contributed by atoms with Gasteiger partial charge in [-0.1, -0.05) is 18.2 Å². The van der Waals surface area contributed by atoms with E-state index in [9.17, 15) is 17.6 Å². The molecule has 0 spiro atoms. The van der Waals surface area contributed by atoms with E-state index in [-0.39, 0.29) is 22.0 Å². The molecule has 0 bridgehead atoms. The summed E-state index contributed by atoms with van der Waals surface area (Å²) in [5, 5.41) is 2.53. The van der Waals surface area contributed by atoms with Crippen LogP contribution >= 0.6 is 0 Å². The summed E-state index contributed by atoms with van der Waals surface area (Å²) in [6.45, 7) is 5.95. The van der Waals surface area contributed by atoms with Gasteiger partial charge < -0.3 is 19.7 Å². The van der Waals surface area contributed by atoms with Crippen LogP contribution in [0, 0.1) is 19.7 Å². The fraction of sp³-hybridized carbons (Fsp3) is 0.280. The van der Waals surface area contributed by atoms with Gasteiger partial charge in [0, 0.05) is 18.8 Å². The van der Waals surface area contributed by atoms with Gasteiger partial charge in [-0.05, 0) is 49.2 Å². The number of pyridine rings is 1. The number of amides is 1. The lowest BCUT2D eigenvalue weighted by Crippen LogP contribution is -2.36. The monoisotopic (exact) mass is 514 g/mol. The van der Waals surface area contributed by atoms with Crippen molar-refractivity contribution in [3.05, 3.63) is 71.2 Å². The fourth-order valence-electron chi connectivity index (χ4n) is 3.92. The number of halogens is 1. The quantitative estimate of drug-likeness (QED) is 0.494. The molecule has 2 aromatic carbocycles. The zero-order chi connectivity index (χ0) is 25.9. The number of nitrogens with one attached hydrogen (secondary N) is 2. The number of carbonyl (C=O) groups is 1. The van der Waals surface area contributed by atoms with Crippen LogP contribution in [0.4, 0.5) is 21.5 Å². The average molecular weight is 515 g/mol. The summed E-state index contributed by atoms with van der Waals surface area (Å²) in [5.74, 6) is -1.57. The number of rotatable bonds is 7. The minimum atomic E-state index is -4.13. The summed E-state index contributed by atoms with van der Waals surface area (Å²) in [4.78, 5) is 18.5. The van der Waals surface area contributed by atoms with E-state index < -0.39 is 21.7 Å². The molecule has 2 heterocycles. The van der Waals surface area contributed by atoms with Crippen LogP contribution in [-0.2, 0) is 14.8 Å². The largest absolute Gasteiger partial charge is 0.480 e. The van der Waals surface area contributed by atoms with Crippen LogP contribution < -0.4 is 19.7 Å². The van der Waals surface area contributed by atoms with E-state index >= 15 is 0 Å². The number of methoxy groups -OCH3 is 1.